The second kappa shape index (κ2) is 6.10. The van der Waals surface area contributed by atoms with Crippen molar-refractivity contribution >= 4 is 26.8 Å². The van der Waals surface area contributed by atoms with Crippen LogP contribution in [0.1, 0.15) is 18.0 Å². The van der Waals surface area contributed by atoms with Gasteiger partial charge in [0.2, 0.25) is 5.91 Å². The lowest BCUT2D eigenvalue weighted by molar-refractivity contribution is -0.118. The van der Waals surface area contributed by atoms with Crippen LogP contribution in [0.3, 0.4) is 0 Å². The van der Waals surface area contributed by atoms with Crippen LogP contribution in [-0.4, -0.2) is 18.3 Å². The van der Waals surface area contributed by atoms with E-state index in [1.165, 1.54) is 22.3 Å². The van der Waals surface area contributed by atoms with Gasteiger partial charge in [-0.25, -0.2) is 12.4 Å². The summed E-state index contributed by atoms with van der Waals surface area (Å²) in [5.74, 6) is -0.537. The Labute approximate surface area is 139 Å². The molecule has 0 radical (unpaired) electrons. The number of benzene rings is 2. The Hall–Kier alpha value is -2.64. The third-order valence-electron chi connectivity index (χ3n) is 3.83. The molecule has 0 aliphatic heterocycles. The van der Waals surface area contributed by atoms with Crippen molar-refractivity contribution in [2.45, 2.75) is 17.4 Å². The standard InChI is InChI=1S/C17H17N3O3S/c18-15(10-17(19)21)14-11-20(16-9-5-4-8-13(14)16)24(22,23)12-6-2-1-3-7-12/h1-9,11,15H,10,18H2,(H2,19,21). The largest absolute Gasteiger partial charge is 0.370 e. The fourth-order valence-electron chi connectivity index (χ4n) is 2.70. The van der Waals surface area contributed by atoms with Gasteiger partial charge in [-0.2, -0.15) is 0 Å². The summed E-state index contributed by atoms with van der Waals surface area (Å²) in [6, 6.07) is 14.5. The van der Waals surface area contributed by atoms with Crippen molar-refractivity contribution < 1.29 is 13.2 Å². The van der Waals surface area contributed by atoms with Crippen LogP contribution in [-0.2, 0) is 14.8 Å². The van der Waals surface area contributed by atoms with Gasteiger partial charge < -0.3 is 11.5 Å². The Balaban J connectivity index is 2.21. The number of fused-ring (bicyclic) bond motifs is 1. The molecule has 1 unspecified atom stereocenters. The van der Waals surface area contributed by atoms with E-state index in [0.717, 1.165) is 0 Å². The van der Waals surface area contributed by atoms with Crippen LogP contribution in [0.4, 0.5) is 0 Å². The number of hydrogen-bond donors (Lipinski definition) is 2. The first kappa shape index (κ1) is 16.2. The molecule has 0 fully saturated rings. The molecule has 4 N–H and O–H groups in total. The van der Waals surface area contributed by atoms with Gasteiger partial charge in [-0.1, -0.05) is 36.4 Å². The predicted molar refractivity (Wildman–Crippen MR) is 91.7 cm³/mol. The molecule has 3 aromatic rings. The predicted octanol–water partition coefficient (Wildman–Crippen LogP) is 1.75. The number of carbonyl (C=O) groups excluding carboxylic acids is 1. The Morgan fingerprint density at radius 3 is 2.33 bits per heavy atom. The number of rotatable bonds is 5. The number of primary amides is 1. The first-order valence-corrected chi connectivity index (χ1v) is 8.80. The van der Waals surface area contributed by atoms with E-state index in [0.29, 0.717) is 16.5 Å². The molecule has 1 atom stereocenters. The Morgan fingerprint density at radius 1 is 1.04 bits per heavy atom. The molecule has 6 nitrogen and oxygen atoms in total. The van der Waals surface area contributed by atoms with Crippen molar-refractivity contribution in [1.82, 2.24) is 3.97 Å². The summed E-state index contributed by atoms with van der Waals surface area (Å²) in [6.45, 7) is 0. The summed E-state index contributed by atoms with van der Waals surface area (Å²) in [5.41, 5.74) is 12.3. The van der Waals surface area contributed by atoms with Gasteiger partial charge in [-0.05, 0) is 23.8 Å². The summed E-state index contributed by atoms with van der Waals surface area (Å²) >= 11 is 0. The Kier molecular flexibility index (Phi) is 4.13. The zero-order valence-corrected chi connectivity index (χ0v) is 13.6. The van der Waals surface area contributed by atoms with E-state index in [1.807, 2.05) is 0 Å². The molecule has 0 saturated carbocycles. The van der Waals surface area contributed by atoms with Gasteiger partial charge in [0, 0.05) is 24.0 Å². The number of para-hydroxylation sites is 1. The third-order valence-corrected chi connectivity index (χ3v) is 5.52. The minimum atomic E-state index is -3.76. The van der Waals surface area contributed by atoms with E-state index < -0.39 is 22.0 Å². The van der Waals surface area contributed by atoms with Crippen LogP contribution >= 0.6 is 0 Å². The number of nitrogens with two attached hydrogens (primary N) is 2. The molecule has 0 spiro atoms. The molecule has 0 aliphatic carbocycles. The van der Waals surface area contributed by atoms with Gasteiger partial charge in [0.1, 0.15) is 0 Å². The molecule has 1 aromatic heterocycles. The monoisotopic (exact) mass is 343 g/mol. The second-order valence-corrected chi connectivity index (χ2v) is 7.31. The van der Waals surface area contributed by atoms with Crippen molar-refractivity contribution in [2.24, 2.45) is 11.5 Å². The number of nitrogens with zero attached hydrogens (tertiary/aromatic N) is 1. The molecular formula is C17H17N3O3S. The minimum absolute atomic E-state index is 0.0562. The highest BCUT2D eigenvalue weighted by atomic mass is 32.2. The number of aromatic nitrogens is 1. The summed E-state index contributed by atoms with van der Waals surface area (Å²) in [4.78, 5) is 11.3. The normalized spacial score (nSPS) is 13.0. The van der Waals surface area contributed by atoms with Crippen LogP contribution in [0.5, 0.6) is 0 Å². The van der Waals surface area contributed by atoms with Gasteiger partial charge in [0.05, 0.1) is 10.4 Å². The van der Waals surface area contributed by atoms with E-state index >= 15 is 0 Å². The smallest absolute Gasteiger partial charge is 0.268 e. The second-order valence-electron chi connectivity index (χ2n) is 5.49. The Morgan fingerprint density at radius 2 is 1.67 bits per heavy atom. The molecule has 1 amide bonds. The van der Waals surface area contributed by atoms with Crippen LogP contribution in [0.2, 0.25) is 0 Å². The lowest BCUT2D eigenvalue weighted by atomic mass is 10.0. The van der Waals surface area contributed by atoms with Crippen LogP contribution < -0.4 is 11.5 Å². The average Bonchev–Trinajstić information content (AvgIpc) is 2.95. The van der Waals surface area contributed by atoms with Gasteiger partial charge >= 0.3 is 0 Å². The molecule has 7 heteroatoms. The zero-order valence-electron chi connectivity index (χ0n) is 12.8. The topological polar surface area (TPSA) is 108 Å². The fraction of sp³-hybridized carbons (Fsp3) is 0.118. The first-order valence-electron chi connectivity index (χ1n) is 7.36. The maximum Gasteiger partial charge on any atom is 0.268 e. The molecule has 124 valence electrons. The summed E-state index contributed by atoms with van der Waals surface area (Å²) < 4.78 is 27.1. The highest BCUT2D eigenvalue weighted by molar-refractivity contribution is 7.90. The molecule has 3 rings (SSSR count). The summed E-state index contributed by atoms with van der Waals surface area (Å²) in [6.07, 6.45) is 1.42. The maximum atomic E-state index is 12.9. The van der Waals surface area contributed by atoms with Gasteiger partial charge in [-0.15, -0.1) is 0 Å². The third kappa shape index (κ3) is 2.79. The molecule has 0 saturated heterocycles. The number of hydrogen-bond acceptors (Lipinski definition) is 4. The molecule has 0 aliphatic rings. The van der Waals surface area contributed by atoms with E-state index in [1.54, 1.807) is 42.5 Å². The molecule has 0 bridgehead atoms. The van der Waals surface area contributed by atoms with Crippen molar-refractivity contribution in [1.29, 1.82) is 0 Å². The van der Waals surface area contributed by atoms with Crippen LogP contribution in [0.25, 0.3) is 10.9 Å². The van der Waals surface area contributed by atoms with Crippen LogP contribution in [0.15, 0.2) is 65.7 Å². The van der Waals surface area contributed by atoms with E-state index in [9.17, 15) is 13.2 Å². The summed E-state index contributed by atoms with van der Waals surface area (Å²) in [7, 11) is -3.76. The van der Waals surface area contributed by atoms with Gasteiger partial charge in [0.15, 0.2) is 0 Å². The lowest BCUT2D eigenvalue weighted by Crippen LogP contribution is -2.20. The van der Waals surface area contributed by atoms with E-state index in [4.69, 9.17) is 11.5 Å². The van der Waals surface area contributed by atoms with Crippen molar-refractivity contribution in [3.8, 4) is 0 Å². The van der Waals surface area contributed by atoms with E-state index in [2.05, 4.69) is 0 Å². The highest BCUT2D eigenvalue weighted by Crippen LogP contribution is 2.30. The van der Waals surface area contributed by atoms with Gasteiger partial charge in [-0.3, -0.25) is 4.79 Å². The zero-order chi connectivity index (χ0) is 17.3. The number of amides is 1. The molecule has 24 heavy (non-hydrogen) atoms. The average molecular weight is 343 g/mol. The summed E-state index contributed by atoms with van der Waals surface area (Å²) in [5, 5.41) is 0.686. The first-order chi connectivity index (χ1) is 11.4. The minimum Gasteiger partial charge on any atom is -0.370 e. The van der Waals surface area contributed by atoms with Crippen molar-refractivity contribution in [3.05, 3.63) is 66.4 Å². The maximum absolute atomic E-state index is 12.9. The SMILES string of the molecule is NC(=O)CC(N)c1cn(S(=O)(=O)c2ccccc2)c2ccccc12. The van der Waals surface area contributed by atoms with Crippen molar-refractivity contribution in [2.75, 3.05) is 0 Å². The Bertz CT molecular complexity index is 994. The van der Waals surface area contributed by atoms with E-state index in [-0.39, 0.29) is 11.3 Å². The molecular weight excluding hydrogens is 326 g/mol. The molecule has 2 aromatic carbocycles. The highest BCUT2D eigenvalue weighted by Gasteiger charge is 2.23. The van der Waals surface area contributed by atoms with Crippen LogP contribution in [0, 0.1) is 0 Å². The quantitative estimate of drug-likeness (QED) is 0.735. The number of carbonyl (C=O) groups is 1. The van der Waals surface area contributed by atoms with Crippen molar-refractivity contribution in [3.63, 3.8) is 0 Å². The molecule has 1 heterocycles. The lowest BCUT2D eigenvalue weighted by Gasteiger charge is -2.08. The van der Waals surface area contributed by atoms with Gasteiger partial charge in [0.25, 0.3) is 10.0 Å². The fourth-order valence-corrected chi connectivity index (χ4v) is 4.10.